The Kier molecular flexibility index (Phi) is 4.83. The van der Waals surface area contributed by atoms with Gasteiger partial charge in [0, 0.05) is 13.1 Å². The number of fused-ring (bicyclic) bond motifs is 1. The maximum Gasteiger partial charge on any atom is 0.338 e. The van der Waals surface area contributed by atoms with Crippen molar-refractivity contribution in [2.45, 2.75) is 32.1 Å². The number of likely N-dealkylation sites (tertiary alicyclic amines) is 1. The summed E-state index contributed by atoms with van der Waals surface area (Å²) >= 11 is 0. The first-order valence-electron chi connectivity index (χ1n) is 8.40. The van der Waals surface area contributed by atoms with Gasteiger partial charge in [-0.15, -0.1) is 0 Å². The van der Waals surface area contributed by atoms with Gasteiger partial charge in [0.05, 0.1) is 11.5 Å². The Morgan fingerprint density at radius 3 is 2.75 bits per heavy atom. The molecule has 1 aliphatic carbocycles. The van der Waals surface area contributed by atoms with Crippen LogP contribution in [0.4, 0.5) is 0 Å². The standard InChI is InChI=1S/C18H22N2O4/c19-17(22)15-5-2-8-20(10-15)16(21)11-24-18(23)14-7-6-12-3-1-4-13(12)9-14/h6-7,9,15H,1-5,8,10-11H2,(H2,19,22)/t15-/m0/s1. The Balaban J connectivity index is 1.54. The molecule has 0 radical (unpaired) electrons. The molecule has 0 saturated carbocycles. The third-order valence-corrected chi connectivity index (χ3v) is 4.84. The molecule has 1 aromatic carbocycles. The number of primary amides is 1. The van der Waals surface area contributed by atoms with Crippen LogP contribution in [-0.2, 0) is 27.2 Å². The van der Waals surface area contributed by atoms with E-state index in [1.165, 1.54) is 11.1 Å². The highest BCUT2D eigenvalue weighted by atomic mass is 16.5. The molecule has 0 aromatic heterocycles. The van der Waals surface area contributed by atoms with Crippen LogP contribution in [0, 0.1) is 5.92 Å². The monoisotopic (exact) mass is 330 g/mol. The maximum atomic E-state index is 12.2. The maximum absolute atomic E-state index is 12.2. The largest absolute Gasteiger partial charge is 0.452 e. The van der Waals surface area contributed by atoms with Crippen molar-refractivity contribution >= 4 is 17.8 Å². The van der Waals surface area contributed by atoms with Crippen LogP contribution in [0.15, 0.2) is 18.2 Å². The topological polar surface area (TPSA) is 89.7 Å². The van der Waals surface area contributed by atoms with E-state index in [9.17, 15) is 14.4 Å². The van der Waals surface area contributed by atoms with Gasteiger partial charge < -0.3 is 15.4 Å². The fourth-order valence-corrected chi connectivity index (χ4v) is 3.44. The van der Waals surface area contributed by atoms with Crippen molar-refractivity contribution < 1.29 is 19.1 Å². The summed E-state index contributed by atoms with van der Waals surface area (Å²) in [6.45, 7) is 0.574. The molecule has 0 bridgehead atoms. The average Bonchev–Trinajstić information content (AvgIpc) is 3.07. The number of aryl methyl sites for hydroxylation is 2. The van der Waals surface area contributed by atoms with Crippen molar-refractivity contribution in [3.8, 4) is 0 Å². The van der Waals surface area contributed by atoms with Crippen LogP contribution < -0.4 is 5.73 Å². The smallest absolute Gasteiger partial charge is 0.338 e. The third-order valence-electron chi connectivity index (χ3n) is 4.84. The van der Waals surface area contributed by atoms with Gasteiger partial charge in [0.25, 0.3) is 5.91 Å². The van der Waals surface area contributed by atoms with E-state index in [4.69, 9.17) is 10.5 Å². The van der Waals surface area contributed by atoms with Crippen molar-refractivity contribution in [3.05, 3.63) is 34.9 Å². The quantitative estimate of drug-likeness (QED) is 0.836. The Hall–Kier alpha value is -2.37. The van der Waals surface area contributed by atoms with Crippen molar-refractivity contribution in [2.75, 3.05) is 19.7 Å². The number of piperidine rings is 1. The number of ether oxygens (including phenoxy) is 1. The molecule has 1 aliphatic heterocycles. The molecule has 3 rings (SSSR count). The lowest BCUT2D eigenvalue weighted by atomic mass is 9.97. The Morgan fingerprint density at radius 1 is 1.17 bits per heavy atom. The van der Waals surface area contributed by atoms with E-state index in [1.54, 1.807) is 11.0 Å². The van der Waals surface area contributed by atoms with Gasteiger partial charge in [-0.3, -0.25) is 9.59 Å². The summed E-state index contributed by atoms with van der Waals surface area (Å²) in [7, 11) is 0. The molecule has 6 heteroatoms. The highest BCUT2D eigenvalue weighted by Crippen LogP contribution is 2.23. The molecule has 6 nitrogen and oxygen atoms in total. The van der Waals surface area contributed by atoms with E-state index < -0.39 is 5.97 Å². The van der Waals surface area contributed by atoms with Gasteiger partial charge in [0.1, 0.15) is 0 Å². The first-order valence-corrected chi connectivity index (χ1v) is 8.40. The minimum atomic E-state index is -0.485. The second-order valence-corrected chi connectivity index (χ2v) is 6.49. The second kappa shape index (κ2) is 7.03. The number of nitrogens with zero attached hydrogens (tertiary/aromatic N) is 1. The molecular weight excluding hydrogens is 308 g/mol. The lowest BCUT2D eigenvalue weighted by Crippen LogP contribution is -2.45. The van der Waals surface area contributed by atoms with Gasteiger partial charge in [0.2, 0.25) is 5.91 Å². The summed E-state index contributed by atoms with van der Waals surface area (Å²) in [6, 6.07) is 5.57. The van der Waals surface area contributed by atoms with Crippen molar-refractivity contribution in [2.24, 2.45) is 11.7 Å². The Morgan fingerprint density at radius 2 is 1.96 bits per heavy atom. The fraction of sp³-hybridized carbons (Fsp3) is 0.500. The summed E-state index contributed by atoms with van der Waals surface area (Å²) in [6.07, 6.45) is 4.59. The number of hydrogen-bond acceptors (Lipinski definition) is 4. The van der Waals surface area contributed by atoms with Gasteiger partial charge >= 0.3 is 5.97 Å². The van der Waals surface area contributed by atoms with Crippen LogP contribution in [0.3, 0.4) is 0 Å². The average molecular weight is 330 g/mol. The van der Waals surface area contributed by atoms with Crippen LogP contribution in [0.25, 0.3) is 0 Å². The molecule has 1 fully saturated rings. The van der Waals surface area contributed by atoms with E-state index in [-0.39, 0.29) is 24.3 Å². The van der Waals surface area contributed by atoms with Gasteiger partial charge in [-0.1, -0.05) is 6.07 Å². The first kappa shape index (κ1) is 16.5. The predicted octanol–water partition coefficient (Wildman–Crippen LogP) is 1.06. The summed E-state index contributed by atoms with van der Waals surface area (Å²) in [5, 5.41) is 0. The molecule has 0 unspecified atom stereocenters. The predicted molar refractivity (Wildman–Crippen MR) is 87.2 cm³/mol. The van der Waals surface area contributed by atoms with Gasteiger partial charge in [-0.25, -0.2) is 4.79 Å². The first-order chi connectivity index (χ1) is 11.5. The number of rotatable bonds is 4. The van der Waals surface area contributed by atoms with Gasteiger partial charge in [-0.05, 0) is 55.4 Å². The zero-order valence-electron chi connectivity index (χ0n) is 13.6. The summed E-state index contributed by atoms with van der Waals surface area (Å²) in [4.78, 5) is 37.1. The number of carbonyl (C=O) groups is 3. The van der Waals surface area contributed by atoms with E-state index in [1.807, 2.05) is 12.1 Å². The highest BCUT2D eigenvalue weighted by Gasteiger charge is 2.27. The Labute approximate surface area is 140 Å². The van der Waals surface area contributed by atoms with Gasteiger partial charge in [-0.2, -0.15) is 0 Å². The molecule has 2 amide bonds. The number of hydrogen-bond donors (Lipinski definition) is 1. The molecule has 24 heavy (non-hydrogen) atoms. The van der Waals surface area contributed by atoms with Crippen LogP contribution in [0.2, 0.25) is 0 Å². The van der Waals surface area contributed by atoms with Crippen LogP contribution in [0.1, 0.15) is 40.7 Å². The number of amides is 2. The lowest BCUT2D eigenvalue weighted by molar-refractivity contribution is -0.137. The normalized spacial score (nSPS) is 19.7. The number of benzene rings is 1. The van der Waals surface area contributed by atoms with Crippen LogP contribution in [-0.4, -0.2) is 42.4 Å². The fourth-order valence-electron chi connectivity index (χ4n) is 3.44. The lowest BCUT2D eigenvalue weighted by Gasteiger charge is -2.31. The highest BCUT2D eigenvalue weighted by molar-refractivity contribution is 5.91. The van der Waals surface area contributed by atoms with E-state index in [0.29, 0.717) is 25.1 Å². The molecule has 1 saturated heterocycles. The number of carbonyl (C=O) groups excluding carboxylic acids is 3. The summed E-state index contributed by atoms with van der Waals surface area (Å²) in [5.74, 6) is -1.46. The summed E-state index contributed by atoms with van der Waals surface area (Å²) < 4.78 is 5.15. The zero-order chi connectivity index (χ0) is 17.1. The molecule has 1 aromatic rings. The molecule has 1 heterocycles. The second-order valence-electron chi connectivity index (χ2n) is 6.49. The van der Waals surface area contributed by atoms with Crippen LogP contribution >= 0.6 is 0 Å². The summed E-state index contributed by atoms with van der Waals surface area (Å²) in [5.41, 5.74) is 8.27. The molecule has 2 N–H and O–H groups in total. The van der Waals surface area contributed by atoms with Crippen molar-refractivity contribution in [3.63, 3.8) is 0 Å². The van der Waals surface area contributed by atoms with E-state index in [0.717, 1.165) is 25.7 Å². The minimum Gasteiger partial charge on any atom is -0.452 e. The molecule has 1 atom stereocenters. The molecule has 2 aliphatic rings. The van der Waals surface area contributed by atoms with Crippen molar-refractivity contribution in [1.29, 1.82) is 0 Å². The number of esters is 1. The third kappa shape index (κ3) is 3.58. The molecular formula is C18H22N2O4. The molecule has 0 spiro atoms. The van der Waals surface area contributed by atoms with Crippen molar-refractivity contribution in [1.82, 2.24) is 4.90 Å². The SMILES string of the molecule is NC(=O)[C@H]1CCCN(C(=O)COC(=O)c2ccc3c(c2)CCC3)C1. The van der Waals surface area contributed by atoms with Gasteiger partial charge in [0.15, 0.2) is 6.61 Å². The zero-order valence-corrected chi connectivity index (χ0v) is 13.6. The number of nitrogens with two attached hydrogens (primary N) is 1. The van der Waals surface area contributed by atoms with E-state index >= 15 is 0 Å². The Bertz CT molecular complexity index is 671. The van der Waals surface area contributed by atoms with Crippen LogP contribution in [0.5, 0.6) is 0 Å². The minimum absolute atomic E-state index is 0.282. The van der Waals surface area contributed by atoms with E-state index in [2.05, 4.69) is 0 Å². The molecule has 128 valence electrons.